The highest BCUT2D eigenvalue weighted by Gasteiger charge is 2.38. The van der Waals surface area contributed by atoms with Gasteiger partial charge in [0.1, 0.15) is 0 Å². The van der Waals surface area contributed by atoms with Crippen LogP contribution in [-0.2, 0) is 0 Å². The summed E-state index contributed by atoms with van der Waals surface area (Å²) in [7, 11) is 2.09. The maximum atomic E-state index is 3.46. The summed E-state index contributed by atoms with van der Waals surface area (Å²) in [6, 6.07) is 0.671. The van der Waals surface area contributed by atoms with Crippen molar-refractivity contribution in [1.82, 2.24) is 5.32 Å². The molecule has 1 rings (SSSR count). The Balaban J connectivity index is 2.62. The van der Waals surface area contributed by atoms with Crippen molar-refractivity contribution in [1.29, 1.82) is 0 Å². The highest BCUT2D eigenvalue weighted by molar-refractivity contribution is 8.00. The summed E-state index contributed by atoms with van der Waals surface area (Å²) in [6.45, 7) is 7.03. The lowest BCUT2D eigenvalue weighted by atomic mass is 9.88. The molecule has 2 heteroatoms. The molecule has 1 heterocycles. The Morgan fingerprint density at radius 3 is 2.42 bits per heavy atom. The second kappa shape index (κ2) is 4.01. The van der Waals surface area contributed by atoms with Crippen LogP contribution in [-0.4, -0.2) is 23.6 Å². The van der Waals surface area contributed by atoms with Gasteiger partial charge in [-0.1, -0.05) is 13.8 Å². The van der Waals surface area contributed by atoms with Crippen LogP contribution in [0.4, 0.5) is 0 Å². The average molecular weight is 187 g/mol. The van der Waals surface area contributed by atoms with Gasteiger partial charge in [-0.05, 0) is 38.5 Å². The molecule has 72 valence electrons. The van der Waals surface area contributed by atoms with E-state index in [-0.39, 0.29) is 0 Å². The van der Waals surface area contributed by atoms with E-state index in [1.807, 2.05) is 0 Å². The summed E-state index contributed by atoms with van der Waals surface area (Å²) in [5.41, 5.74) is 0. The zero-order valence-electron chi connectivity index (χ0n) is 8.68. The van der Waals surface area contributed by atoms with Crippen molar-refractivity contribution >= 4 is 11.8 Å². The van der Waals surface area contributed by atoms with Crippen molar-refractivity contribution in [3.63, 3.8) is 0 Å². The molecule has 0 radical (unpaired) electrons. The van der Waals surface area contributed by atoms with E-state index in [1.54, 1.807) is 0 Å². The van der Waals surface area contributed by atoms with E-state index in [9.17, 15) is 0 Å². The van der Waals surface area contributed by atoms with Crippen molar-refractivity contribution in [2.24, 2.45) is 5.92 Å². The first-order valence-electron chi connectivity index (χ1n) is 4.91. The van der Waals surface area contributed by atoms with Gasteiger partial charge in [0.25, 0.3) is 0 Å². The molecular weight excluding hydrogens is 166 g/mol. The number of nitrogens with one attached hydrogen (secondary N) is 1. The Hall–Kier alpha value is 0.310. The molecule has 0 aromatic carbocycles. The minimum atomic E-state index is 0.489. The largest absolute Gasteiger partial charge is 0.315 e. The topological polar surface area (TPSA) is 12.0 Å². The van der Waals surface area contributed by atoms with E-state index in [1.165, 1.54) is 18.6 Å². The standard InChI is InChI=1S/C10H21NS/c1-8(2)9(11-4)10(3)6-5-7-12-10/h8-9,11H,5-7H2,1-4H3. The zero-order chi connectivity index (χ0) is 9.19. The van der Waals surface area contributed by atoms with Crippen LogP contribution < -0.4 is 5.32 Å². The van der Waals surface area contributed by atoms with E-state index in [0.717, 1.165) is 5.92 Å². The number of hydrogen-bond acceptors (Lipinski definition) is 2. The van der Waals surface area contributed by atoms with Gasteiger partial charge in [-0.3, -0.25) is 0 Å². The molecule has 1 aliphatic rings. The first-order chi connectivity index (χ1) is 5.60. The summed E-state index contributed by atoms with van der Waals surface area (Å²) < 4.78 is 0.489. The quantitative estimate of drug-likeness (QED) is 0.728. The SMILES string of the molecule is CNC(C(C)C)C1(C)CCCS1. The van der Waals surface area contributed by atoms with Gasteiger partial charge in [0.15, 0.2) is 0 Å². The number of hydrogen-bond donors (Lipinski definition) is 1. The highest BCUT2D eigenvalue weighted by Crippen LogP contribution is 2.42. The van der Waals surface area contributed by atoms with E-state index in [0.29, 0.717) is 10.8 Å². The Morgan fingerprint density at radius 2 is 2.08 bits per heavy atom. The summed E-state index contributed by atoms with van der Waals surface area (Å²) in [5, 5.41) is 3.46. The Kier molecular flexibility index (Phi) is 3.47. The van der Waals surface area contributed by atoms with Gasteiger partial charge >= 0.3 is 0 Å². The predicted molar refractivity (Wildman–Crippen MR) is 57.8 cm³/mol. The van der Waals surface area contributed by atoms with Gasteiger partial charge in [0.05, 0.1) is 0 Å². The lowest BCUT2D eigenvalue weighted by Gasteiger charge is -2.36. The second-order valence-corrected chi connectivity index (χ2v) is 5.90. The van der Waals surface area contributed by atoms with Crippen LogP contribution in [0.1, 0.15) is 33.6 Å². The molecule has 0 amide bonds. The van der Waals surface area contributed by atoms with Crippen LogP contribution in [0.15, 0.2) is 0 Å². The van der Waals surface area contributed by atoms with Crippen LogP contribution in [0, 0.1) is 5.92 Å². The molecule has 0 bridgehead atoms. The van der Waals surface area contributed by atoms with Gasteiger partial charge in [0.2, 0.25) is 0 Å². The molecule has 0 aliphatic carbocycles. The molecule has 1 saturated heterocycles. The van der Waals surface area contributed by atoms with Gasteiger partial charge < -0.3 is 5.32 Å². The normalized spacial score (nSPS) is 32.8. The summed E-state index contributed by atoms with van der Waals surface area (Å²) >= 11 is 2.14. The maximum absolute atomic E-state index is 3.46. The van der Waals surface area contributed by atoms with Crippen molar-refractivity contribution in [2.45, 2.75) is 44.4 Å². The molecule has 0 spiro atoms. The monoisotopic (exact) mass is 187 g/mol. The minimum Gasteiger partial charge on any atom is -0.315 e. The Morgan fingerprint density at radius 1 is 1.42 bits per heavy atom. The van der Waals surface area contributed by atoms with Crippen molar-refractivity contribution in [3.05, 3.63) is 0 Å². The molecule has 0 aromatic heterocycles. The number of rotatable bonds is 3. The van der Waals surface area contributed by atoms with Gasteiger partial charge in [-0.25, -0.2) is 0 Å². The van der Waals surface area contributed by atoms with Gasteiger partial charge in [-0.15, -0.1) is 0 Å². The molecule has 2 unspecified atom stereocenters. The summed E-state index contributed by atoms with van der Waals surface area (Å²) in [5.74, 6) is 2.09. The molecule has 1 fully saturated rings. The first kappa shape index (κ1) is 10.4. The fourth-order valence-corrected chi connectivity index (χ4v) is 4.00. The fourth-order valence-electron chi connectivity index (χ4n) is 2.39. The van der Waals surface area contributed by atoms with E-state index in [4.69, 9.17) is 0 Å². The smallest absolute Gasteiger partial charge is 0.0287 e. The molecule has 0 aromatic rings. The molecule has 2 atom stereocenters. The van der Waals surface area contributed by atoms with Crippen molar-refractivity contribution < 1.29 is 0 Å². The first-order valence-corrected chi connectivity index (χ1v) is 5.90. The summed E-state index contributed by atoms with van der Waals surface area (Å²) in [6.07, 6.45) is 2.77. The third-order valence-corrected chi connectivity index (χ3v) is 4.50. The molecule has 1 aliphatic heterocycles. The molecular formula is C10H21NS. The fraction of sp³-hybridized carbons (Fsp3) is 1.00. The molecule has 1 nitrogen and oxygen atoms in total. The molecule has 12 heavy (non-hydrogen) atoms. The second-order valence-electron chi connectivity index (χ2n) is 4.28. The third kappa shape index (κ3) is 1.97. The minimum absolute atomic E-state index is 0.489. The van der Waals surface area contributed by atoms with E-state index >= 15 is 0 Å². The van der Waals surface area contributed by atoms with Crippen LogP contribution in [0.5, 0.6) is 0 Å². The van der Waals surface area contributed by atoms with Gasteiger partial charge in [-0.2, -0.15) is 11.8 Å². The Bertz CT molecular complexity index is 139. The molecule has 1 N–H and O–H groups in total. The maximum Gasteiger partial charge on any atom is 0.0287 e. The van der Waals surface area contributed by atoms with Crippen LogP contribution in [0.3, 0.4) is 0 Å². The van der Waals surface area contributed by atoms with Crippen LogP contribution in [0.25, 0.3) is 0 Å². The third-order valence-electron chi connectivity index (χ3n) is 2.88. The lowest BCUT2D eigenvalue weighted by Crippen LogP contribution is -2.47. The van der Waals surface area contributed by atoms with E-state index in [2.05, 4.69) is 44.9 Å². The highest BCUT2D eigenvalue weighted by atomic mass is 32.2. The average Bonchev–Trinajstić information content (AvgIpc) is 2.37. The zero-order valence-corrected chi connectivity index (χ0v) is 9.50. The lowest BCUT2D eigenvalue weighted by molar-refractivity contribution is 0.339. The summed E-state index contributed by atoms with van der Waals surface area (Å²) in [4.78, 5) is 0. The number of thioether (sulfide) groups is 1. The Labute approximate surface area is 80.7 Å². The van der Waals surface area contributed by atoms with Crippen molar-refractivity contribution in [2.75, 3.05) is 12.8 Å². The van der Waals surface area contributed by atoms with Crippen LogP contribution in [0.2, 0.25) is 0 Å². The van der Waals surface area contributed by atoms with Gasteiger partial charge in [0, 0.05) is 10.8 Å². The molecule has 0 saturated carbocycles. The van der Waals surface area contributed by atoms with E-state index < -0.39 is 0 Å². The predicted octanol–water partition coefficient (Wildman–Crippen LogP) is 2.52. The van der Waals surface area contributed by atoms with Crippen molar-refractivity contribution in [3.8, 4) is 0 Å². The van der Waals surface area contributed by atoms with Crippen LogP contribution >= 0.6 is 11.8 Å².